The second-order valence-corrected chi connectivity index (χ2v) is 18.0. The number of nitrogens with two attached hydrogens (primary N) is 1. The van der Waals surface area contributed by atoms with Gasteiger partial charge >= 0.3 is 6.03 Å². The van der Waals surface area contributed by atoms with Crippen LogP contribution in [-0.2, 0) is 58.4 Å². The minimum absolute atomic E-state index is 0.0132. The molecular formula is C57H58N2O7S. The van der Waals surface area contributed by atoms with Crippen molar-refractivity contribution in [2.75, 3.05) is 13.3 Å². The molecule has 0 aromatic heterocycles. The van der Waals surface area contributed by atoms with E-state index >= 15 is 0 Å². The van der Waals surface area contributed by atoms with E-state index in [1.165, 1.54) is 0 Å². The van der Waals surface area contributed by atoms with E-state index in [1.54, 1.807) is 0 Å². The van der Waals surface area contributed by atoms with Gasteiger partial charge in [-0.2, -0.15) is 0 Å². The van der Waals surface area contributed by atoms with Crippen molar-refractivity contribution >= 4 is 17.8 Å². The SMILES string of the molecule is Cc1cc(OCc2ccccc2)c([C@@H]2S[C@H](COCc3ccccc3)[C@@H](OCc3ccccc3)[C@H](OCc3ccccc3)[C@H]2OCc2ccccc2)cc1Cc1ccc(OCNC(N)=O)cc1. The molecule has 10 heteroatoms. The van der Waals surface area contributed by atoms with E-state index in [1.807, 2.05) is 127 Å². The van der Waals surface area contributed by atoms with Gasteiger partial charge in [-0.25, -0.2) is 4.79 Å². The van der Waals surface area contributed by atoms with Crippen molar-refractivity contribution < 1.29 is 33.2 Å². The van der Waals surface area contributed by atoms with Crippen LogP contribution in [0.5, 0.6) is 11.5 Å². The van der Waals surface area contributed by atoms with Gasteiger partial charge < -0.3 is 39.5 Å². The number of amides is 2. The van der Waals surface area contributed by atoms with Crippen LogP contribution in [-0.4, -0.2) is 42.9 Å². The molecule has 0 bridgehead atoms. The van der Waals surface area contributed by atoms with Gasteiger partial charge in [-0.15, -0.1) is 11.8 Å². The van der Waals surface area contributed by atoms with Crippen molar-refractivity contribution in [1.29, 1.82) is 0 Å². The summed E-state index contributed by atoms with van der Waals surface area (Å²) in [6, 6.07) is 63.1. The first-order valence-corrected chi connectivity index (χ1v) is 23.7. The Morgan fingerprint density at radius 2 is 1.01 bits per heavy atom. The van der Waals surface area contributed by atoms with E-state index in [0.29, 0.717) is 51.8 Å². The molecule has 1 aliphatic heterocycles. The van der Waals surface area contributed by atoms with Gasteiger partial charge in [0.1, 0.15) is 36.4 Å². The zero-order chi connectivity index (χ0) is 46.0. The third-order valence-corrected chi connectivity index (χ3v) is 13.3. The summed E-state index contributed by atoms with van der Waals surface area (Å²) < 4.78 is 40.7. The number of urea groups is 1. The van der Waals surface area contributed by atoms with Gasteiger partial charge in [-0.05, 0) is 76.1 Å². The minimum atomic E-state index is -0.640. The zero-order valence-electron chi connectivity index (χ0n) is 37.8. The molecule has 0 spiro atoms. The van der Waals surface area contributed by atoms with Crippen LogP contribution in [0.2, 0.25) is 0 Å². The van der Waals surface area contributed by atoms with Crippen LogP contribution in [0.4, 0.5) is 4.79 Å². The Bertz CT molecular complexity index is 2550. The summed E-state index contributed by atoms with van der Waals surface area (Å²) in [5.41, 5.74) is 15.0. The van der Waals surface area contributed by atoms with E-state index < -0.39 is 24.3 Å². The Hall–Kier alpha value is -6.40. The molecule has 0 radical (unpaired) electrons. The van der Waals surface area contributed by atoms with Crippen molar-refractivity contribution in [2.45, 2.75) is 75.2 Å². The number of hydrogen-bond donors (Lipinski definition) is 2. The number of hydrogen-bond acceptors (Lipinski definition) is 8. The fraction of sp³-hybridized carbons (Fsp3) is 0.246. The van der Waals surface area contributed by atoms with E-state index in [0.717, 1.165) is 55.8 Å². The maximum Gasteiger partial charge on any atom is 0.314 e. The fourth-order valence-corrected chi connectivity index (χ4v) is 9.83. The lowest BCUT2D eigenvalue weighted by Gasteiger charge is -2.46. The second kappa shape index (κ2) is 24.4. The predicted molar refractivity (Wildman–Crippen MR) is 265 cm³/mol. The standard InChI is InChI=1S/C57H58N2O7S/c1-41-31-51(62-35-44-19-9-3-10-20-44)50(33-48(41)32-42-27-29-49(30-28-42)66-40-59-57(58)60)56-55(65-38-47-25-15-6-16-26-47)54(64-37-46-23-13-5-14-24-46)53(63-36-45-21-11-4-12-22-45)52(67-56)39-61-34-43-17-7-2-8-18-43/h2-31,33,52-56H,32,34-40H2,1H3,(H3,58,59,60)/t52-,53-,54+,55-,56+/m1/s1. The molecule has 1 fully saturated rings. The van der Waals surface area contributed by atoms with Crippen LogP contribution >= 0.6 is 11.8 Å². The van der Waals surface area contributed by atoms with E-state index in [2.05, 4.69) is 85.0 Å². The molecular weight excluding hydrogens is 857 g/mol. The lowest BCUT2D eigenvalue weighted by atomic mass is 9.91. The summed E-state index contributed by atoms with van der Waals surface area (Å²) in [5, 5.41) is 2.03. The first-order valence-electron chi connectivity index (χ1n) is 22.7. The zero-order valence-corrected chi connectivity index (χ0v) is 38.6. The molecule has 0 aliphatic carbocycles. The van der Waals surface area contributed by atoms with Gasteiger partial charge in [-0.1, -0.05) is 170 Å². The quantitative estimate of drug-likeness (QED) is 0.0647. The number of thioether (sulfide) groups is 1. The van der Waals surface area contributed by atoms with Crippen LogP contribution in [0.15, 0.2) is 188 Å². The van der Waals surface area contributed by atoms with Crippen LogP contribution in [0.1, 0.15) is 55.3 Å². The summed E-state index contributed by atoms with van der Waals surface area (Å²) in [6.07, 6.45) is -0.767. The maximum absolute atomic E-state index is 11.2. The highest BCUT2D eigenvalue weighted by Crippen LogP contribution is 2.50. The van der Waals surface area contributed by atoms with Gasteiger partial charge in [0.25, 0.3) is 0 Å². The Morgan fingerprint density at radius 1 is 0.537 bits per heavy atom. The first-order chi connectivity index (χ1) is 32.9. The number of benzene rings is 7. The molecule has 1 heterocycles. The largest absolute Gasteiger partial charge is 0.489 e. The smallest absolute Gasteiger partial charge is 0.314 e. The van der Waals surface area contributed by atoms with Crippen molar-refractivity contribution in [1.82, 2.24) is 5.32 Å². The second-order valence-electron chi connectivity index (χ2n) is 16.6. The summed E-state index contributed by atoms with van der Waals surface area (Å²) in [5.74, 6) is 1.42. The Morgan fingerprint density at radius 3 is 1.54 bits per heavy atom. The molecule has 1 saturated heterocycles. The molecule has 0 unspecified atom stereocenters. The van der Waals surface area contributed by atoms with Crippen molar-refractivity contribution in [3.63, 3.8) is 0 Å². The summed E-state index contributed by atoms with van der Waals surface area (Å²) in [6.45, 7) is 4.53. The highest BCUT2D eigenvalue weighted by Gasteiger charge is 2.49. The van der Waals surface area contributed by atoms with E-state index in [4.69, 9.17) is 34.2 Å². The lowest BCUT2D eigenvalue weighted by Crippen LogP contribution is -2.54. The number of nitrogens with one attached hydrogen (secondary N) is 1. The lowest BCUT2D eigenvalue weighted by molar-refractivity contribution is -0.160. The third kappa shape index (κ3) is 13.8. The van der Waals surface area contributed by atoms with Crippen molar-refractivity contribution in [2.24, 2.45) is 5.73 Å². The highest BCUT2D eigenvalue weighted by molar-refractivity contribution is 8.00. The van der Waals surface area contributed by atoms with Crippen LogP contribution in [0.25, 0.3) is 0 Å². The molecule has 67 heavy (non-hydrogen) atoms. The predicted octanol–water partition coefficient (Wildman–Crippen LogP) is 11.3. The van der Waals surface area contributed by atoms with Gasteiger partial charge in [0.15, 0.2) is 6.73 Å². The average Bonchev–Trinajstić information content (AvgIpc) is 3.36. The summed E-state index contributed by atoms with van der Waals surface area (Å²) in [7, 11) is 0. The fourth-order valence-electron chi connectivity index (χ4n) is 8.17. The number of carbonyl (C=O) groups excluding carboxylic acids is 1. The average molecular weight is 915 g/mol. The monoisotopic (exact) mass is 914 g/mol. The first kappa shape index (κ1) is 47.1. The van der Waals surface area contributed by atoms with Gasteiger partial charge in [0.2, 0.25) is 0 Å². The molecule has 1 aliphatic rings. The molecule has 0 saturated carbocycles. The number of carbonyl (C=O) groups is 1. The van der Waals surface area contributed by atoms with Crippen LogP contribution in [0.3, 0.4) is 0 Å². The molecule has 344 valence electrons. The van der Waals surface area contributed by atoms with Crippen molar-refractivity contribution in [3.05, 3.63) is 238 Å². The molecule has 5 atom stereocenters. The molecule has 7 aromatic rings. The molecule has 8 rings (SSSR count). The van der Waals surface area contributed by atoms with E-state index in [9.17, 15) is 4.79 Å². The molecule has 2 amide bonds. The Kier molecular flexibility index (Phi) is 17.1. The van der Waals surface area contributed by atoms with Crippen molar-refractivity contribution in [3.8, 4) is 11.5 Å². The third-order valence-electron chi connectivity index (χ3n) is 11.7. The topological polar surface area (TPSA) is 110 Å². The Labute approximate surface area is 398 Å². The number of primary amides is 1. The van der Waals surface area contributed by atoms with Crippen LogP contribution < -0.4 is 20.5 Å². The minimum Gasteiger partial charge on any atom is -0.489 e. The summed E-state index contributed by atoms with van der Waals surface area (Å²) in [4.78, 5) is 11.2. The van der Waals surface area contributed by atoms with Gasteiger partial charge in [0.05, 0.1) is 43.5 Å². The van der Waals surface area contributed by atoms with Crippen LogP contribution in [0, 0.1) is 6.92 Å². The molecule has 9 nitrogen and oxygen atoms in total. The number of rotatable bonds is 22. The molecule has 7 aromatic carbocycles. The highest BCUT2D eigenvalue weighted by atomic mass is 32.2. The molecule has 3 N–H and O–H groups in total. The number of ether oxygens (including phenoxy) is 6. The van der Waals surface area contributed by atoms with Gasteiger partial charge in [-0.3, -0.25) is 0 Å². The normalized spacial score (nSPS) is 18.0. The van der Waals surface area contributed by atoms with Gasteiger partial charge in [0, 0.05) is 5.56 Å². The number of aryl methyl sites for hydroxylation is 1. The van der Waals surface area contributed by atoms with E-state index in [-0.39, 0.29) is 17.2 Å². The summed E-state index contributed by atoms with van der Waals surface area (Å²) >= 11 is 1.81. The Balaban J connectivity index is 1.20. The maximum atomic E-state index is 11.2.